The Hall–Kier alpha value is -0.500. The predicted molar refractivity (Wildman–Crippen MR) is 45.1 cm³/mol. The van der Waals surface area contributed by atoms with E-state index in [4.69, 9.17) is 0 Å². The van der Waals surface area contributed by atoms with Gasteiger partial charge in [0, 0.05) is 0 Å². The van der Waals surface area contributed by atoms with Crippen LogP contribution in [0.2, 0.25) is 0 Å². The highest BCUT2D eigenvalue weighted by atomic mass is 35.5. The third-order valence-electron chi connectivity index (χ3n) is 1.48. The number of imidazole rings is 1. The minimum atomic E-state index is 0. The highest BCUT2D eigenvalue weighted by Gasteiger charge is 2.14. The summed E-state index contributed by atoms with van der Waals surface area (Å²) >= 11 is 0. The maximum atomic E-state index is 2.24. The van der Waals surface area contributed by atoms with Crippen LogP contribution in [-0.2, 0) is 13.6 Å². The topological polar surface area (TPSA) is 8.81 Å². The van der Waals surface area contributed by atoms with Gasteiger partial charge in [0.05, 0.1) is 13.6 Å². The molecule has 0 aromatic carbocycles. The molecular formula is C9H17ClN2. The number of rotatable bonds is 1. The number of nitrogens with zero attached hydrogens (tertiary/aromatic N) is 2. The Balaban J connectivity index is 0.00000121. The predicted octanol–water partition coefficient (Wildman–Crippen LogP) is -1.64. The molecule has 0 saturated heterocycles. The average Bonchev–Trinajstić information content (AvgIpc) is 2.10. The van der Waals surface area contributed by atoms with Crippen molar-refractivity contribution in [1.82, 2.24) is 4.57 Å². The molecule has 1 aromatic rings. The van der Waals surface area contributed by atoms with E-state index in [2.05, 4.69) is 48.6 Å². The molecule has 0 radical (unpaired) electrons. The van der Waals surface area contributed by atoms with Gasteiger partial charge in [-0.3, -0.25) is 0 Å². The van der Waals surface area contributed by atoms with Gasteiger partial charge in [0.2, 0.25) is 6.33 Å². The molecule has 2 nitrogen and oxygen atoms in total. The van der Waals surface area contributed by atoms with Crippen molar-refractivity contribution in [3.8, 4) is 0 Å². The van der Waals surface area contributed by atoms with Gasteiger partial charge in [-0.05, 0) is 5.41 Å². The molecule has 70 valence electrons. The van der Waals surface area contributed by atoms with Crippen LogP contribution in [0.1, 0.15) is 20.8 Å². The average molecular weight is 189 g/mol. The summed E-state index contributed by atoms with van der Waals surface area (Å²) in [7, 11) is 2.04. The number of aryl methyl sites for hydroxylation is 1. The Morgan fingerprint density at radius 3 is 2.25 bits per heavy atom. The van der Waals surface area contributed by atoms with E-state index in [1.807, 2.05) is 7.05 Å². The van der Waals surface area contributed by atoms with E-state index in [0.717, 1.165) is 6.54 Å². The fourth-order valence-corrected chi connectivity index (χ4v) is 1.14. The SMILES string of the molecule is Cn1cc[n+](CC(C)(C)C)c1.[Cl-]. The van der Waals surface area contributed by atoms with E-state index in [1.165, 1.54) is 0 Å². The zero-order valence-corrected chi connectivity index (χ0v) is 8.97. The molecule has 0 saturated carbocycles. The molecular weight excluding hydrogens is 172 g/mol. The number of hydrogen-bond acceptors (Lipinski definition) is 0. The van der Waals surface area contributed by atoms with Crippen LogP contribution in [0.5, 0.6) is 0 Å². The quantitative estimate of drug-likeness (QED) is 0.468. The van der Waals surface area contributed by atoms with E-state index < -0.39 is 0 Å². The smallest absolute Gasteiger partial charge is 0.243 e. The zero-order chi connectivity index (χ0) is 8.48. The maximum absolute atomic E-state index is 2.24. The Kier molecular flexibility index (Phi) is 3.78. The first-order valence-electron chi connectivity index (χ1n) is 3.98. The molecule has 1 rings (SSSR count). The van der Waals surface area contributed by atoms with Crippen molar-refractivity contribution in [1.29, 1.82) is 0 Å². The van der Waals surface area contributed by atoms with Gasteiger partial charge in [-0.25, -0.2) is 9.13 Å². The Morgan fingerprint density at radius 2 is 1.92 bits per heavy atom. The second kappa shape index (κ2) is 3.94. The highest BCUT2D eigenvalue weighted by molar-refractivity contribution is 4.63. The van der Waals surface area contributed by atoms with Crippen LogP contribution in [0, 0.1) is 5.41 Å². The molecule has 0 fully saturated rings. The van der Waals surface area contributed by atoms with Gasteiger partial charge in [0.25, 0.3) is 0 Å². The molecule has 0 unspecified atom stereocenters. The van der Waals surface area contributed by atoms with Crippen LogP contribution in [-0.4, -0.2) is 4.57 Å². The monoisotopic (exact) mass is 188 g/mol. The van der Waals surface area contributed by atoms with Gasteiger partial charge in [-0.1, -0.05) is 20.8 Å². The number of hydrogen-bond donors (Lipinski definition) is 0. The maximum Gasteiger partial charge on any atom is 0.243 e. The summed E-state index contributed by atoms with van der Waals surface area (Å²) in [6, 6.07) is 0. The normalized spacial score (nSPS) is 11.0. The van der Waals surface area contributed by atoms with Crippen molar-refractivity contribution in [2.24, 2.45) is 12.5 Å². The standard InChI is InChI=1S/C9H17N2.ClH/c1-9(2,3)7-11-6-5-10(4)8-11;/h5-6,8H,7H2,1-4H3;1H/q+1;/p-1. The van der Waals surface area contributed by atoms with E-state index in [9.17, 15) is 0 Å². The molecule has 1 aromatic heterocycles. The third-order valence-corrected chi connectivity index (χ3v) is 1.48. The molecule has 1 heterocycles. The first-order valence-corrected chi connectivity index (χ1v) is 3.98. The Bertz CT molecular complexity index is 235. The van der Waals surface area contributed by atoms with Crippen molar-refractivity contribution in [3.63, 3.8) is 0 Å². The summed E-state index contributed by atoms with van der Waals surface area (Å²) in [5.74, 6) is 0. The molecule has 0 aliphatic heterocycles. The number of halogens is 1. The molecule has 0 spiro atoms. The molecule has 0 aliphatic carbocycles. The molecule has 0 bridgehead atoms. The molecule has 12 heavy (non-hydrogen) atoms. The van der Waals surface area contributed by atoms with Crippen LogP contribution >= 0.6 is 0 Å². The lowest BCUT2D eigenvalue weighted by Crippen LogP contribution is -3.00. The fraction of sp³-hybridized carbons (Fsp3) is 0.667. The van der Waals surface area contributed by atoms with Crippen molar-refractivity contribution in [2.45, 2.75) is 27.3 Å². The lowest BCUT2D eigenvalue weighted by atomic mass is 9.97. The highest BCUT2D eigenvalue weighted by Crippen LogP contribution is 2.11. The van der Waals surface area contributed by atoms with Gasteiger partial charge in [0.1, 0.15) is 12.4 Å². The number of aromatic nitrogens is 2. The summed E-state index contributed by atoms with van der Waals surface area (Å²) in [5.41, 5.74) is 0.367. The van der Waals surface area contributed by atoms with Gasteiger partial charge in [0.15, 0.2) is 0 Å². The second-order valence-electron chi connectivity index (χ2n) is 4.31. The fourth-order valence-electron chi connectivity index (χ4n) is 1.14. The van der Waals surface area contributed by atoms with Crippen molar-refractivity contribution >= 4 is 0 Å². The molecule has 0 amide bonds. The van der Waals surface area contributed by atoms with Gasteiger partial charge in [-0.15, -0.1) is 0 Å². The lowest BCUT2D eigenvalue weighted by molar-refractivity contribution is -0.707. The summed E-state index contributed by atoms with van der Waals surface area (Å²) in [5, 5.41) is 0. The van der Waals surface area contributed by atoms with E-state index in [1.54, 1.807) is 0 Å². The Morgan fingerprint density at radius 1 is 1.33 bits per heavy atom. The molecule has 3 heteroatoms. The van der Waals surface area contributed by atoms with Crippen molar-refractivity contribution in [3.05, 3.63) is 18.7 Å². The summed E-state index contributed by atoms with van der Waals surface area (Å²) < 4.78 is 4.27. The van der Waals surface area contributed by atoms with Gasteiger partial charge >= 0.3 is 0 Å². The molecule has 0 N–H and O–H groups in total. The van der Waals surface area contributed by atoms with Gasteiger partial charge in [-0.2, -0.15) is 0 Å². The van der Waals surface area contributed by atoms with Gasteiger partial charge < -0.3 is 12.4 Å². The minimum Gasteiger partial charge on any atom is -1.00 e. The summed E-state index contributed by atoms with van der Waals surface area (Å²) in [4.78, 5) is 0. The van der Waals surface area contributed by atoms with Crippen LogP contribution in [0.3, 0.4) is 0 Å². The van der Waals surface area contributed by atoms with E-state index in [0.29, 0.717) is 5.41 Å². The van der Waals surface area contributed by atoms with Crippen LogP contribution in [0.15, 0.2) is 18.7 Å². The summed E-state index contributed by atoms with van der Waals surface area (Å²) in [6.07, 6.45) is 6.27. The van der Waals surface area contributed by atoms with Crippen molar-refractivity contribution < 1.29 is 17.0 Å². The minimum absolute atomic E-state index is 0. The van der Waals surface area contributed by atoms with Crippen molar-refractivity contribution in [2.75, 3.05) is 0 Å². The van der Waals surface area contributed by atoms with Crippen LogP contribution in [0.25, 0.3) is 0 Å². The second-order valence-corrected chi connectivity index (χ2v) is 4.31. The van der Waals surface area contributed by atoms with Crippen LogP contribution < -0.4 is 17.0 Å². The molecule has 0 atom stereocenters. The molecule has 0 aliphatic rings. The lowest BCUT2D eigenvalue weighted by Gasteiger charge is -2.14. The largest absolute Gasteiger partial charge is 1.00 e. The van der Waals surface area contributed by atoms with Crippen LogP contribution in [0.4, 0.5) is 0 Å². The first-order chi connectivity index (χ1) is 4.97. The zero-order valence-electron chi connectivity index (χ0n) is 8.21. The first kappa shape index (κ1) is 11.5. The summed E-state index contributed by atoms with van der Waals surface area (Å²) in [6.45, 7) is 7.81. The van der Waals surface area contributed by atoms with E-state index in [-0.39, 0.29) is 12.4 Å². The third kappa shape index (κ3) is 3.77. The van der Waals surface area contributed by atoms with E-state index >= 15 is 0 Å². The Labute approximate surface area is 80.6 Å².